The second-order valence-electron chi connectivity index (χ2n) is 4.80. The first-order chi connectivity index (χ1) is 8.31. The number of aromatic hydroxyl groups is 1. The molecular weight excluding hydrogens is 232 g/mol. The van der Waals surface area contributed by atoms with Crippen molar-refractivity contribution >= 4 is 12.0 Å². The Hall–Kier alpha value is -1.97. The largest absolute Gasteiger partial charge is 0.504 e. The number of carbonyl (C=O) groups is 1. The molecule has 0 aliphatic heterocycles. The molecule has 1 aromatic rings. The van der Waals surface area contributed by atoms with Gasteiger partial charge in [0.1, 0.15) is 5.60 Å². The molecule has 0 amide bonds. The van der Waals surface area contributed by atoms with Crippen LogP contribution in [-0.2, 0) is 9.53 Å². The molecule has 1 rings (SSSR count). The summed E-state index contributed by atoms with van der Waals surface area (Å²) < 4.78 is 10.0. The Morgan fingerprint density at radius 2 is 2.00 bits per heavy atom. The fourth-order valence-corrected chi connectivity index (χ4v) is 1.31. The lowest BCUT2D eigenvalue weighted by Gasteiger charge is -2.17. The van der Waals surface area contributed by atoms with Crippen molar-refractivity contribution in [1.82, 2.24) is 0 Å². The Morgan fingerprint density at radius 3 is 2.50 bits per heavy atom. The molecule has 0 radical (unpaired) electrons. The zero-order valence-electron chi connectivity index (χ0n) is 11.1. The van der Waals surface area contributed by atoms with Gasteiger partial charge in [-0.05, 0) is 44.5 Å². The number of hydrogen-bond acceptors (Lipinski definition) is 4. The van der Waals surface area contributed by atoms with Crippen LogP contribution in [-0.4, -0.2) is 23.8 Å². The first kappa shape index (κ1) is 14.1. The predicted molar refractivity (Wildman–Crippen MR) is 69.5 cm³/mol. The van der Waals surface area contributed by atoms with Gasteiger partial charge in [-0.3, -0.25) is 0 Å². The van der Waals surface area contributed by atoms with Crippen molar-refractivity contribution in [3.8, 4) is 11.5 Å². The number of phenolic OH excluding ortho intramolecular Hbond substituents is 1. The number of esters is 1. The topological polar surface area (TPSA) is 55.8 Å². The molecule has 0 atom stereocenters. The van der Waals surface area contributed by atoms with Gasteiger partial charge in [0, 0.05) is 6.08 Å². The van der Waals surface area contributed by atoms with E-state index >= 15 is 0 Å². The van der Waals surface area contributed by atoms with Crippen LogP contribution in [0.4, 0.5) is 0 Å². The van der Waals surface area contributed by atoms with Crippen LogP contribution in [0.15, 0.2) is 24.3 Å². The Bertz CT molecular complexity index is 455. The summed E-state index contributed by atoms with van der Waals surface area (Å²) in [4.78, 5) is 11.4. The third-order valence-electron chi connectivity index (χ3n) is 2.02. The van der Waals surface area contributed by atoms with Gasteiger partial charge in [0.05, 0.1) is 7.11 Å². The minimum atomic E-state index is -0.510. The van der Waals surface area contributed by atoms with E-state index in [1.54, 1.807) is 39.0 Å². The van der Waals surface area contributed by atoms with Crippen molar-refractivity contribution in [2.75, 3.05) is 7.11 Å². The molecule has 0 bridgehead atoms. The number of phenols is 1. The Kier molecular flexibility index (Phi) is 4.37. The van der Waals surface area contributed by atoms with E-state index in [2.05, 4.69) is 0 Å². The van der Waals surface area contributed by atoms with Gasteiger partial charge in [0.15, 0.2) is 11.5 Å². The average molecular weight is 250 g/mol. The predicted octanol–water partition coefficient (Wildman–Crippen LogP) is 2.76. The van der Waals surface area contributed by atoms with Gasteiger partial charge < -0.3 is 14.6 Å². The Morgan fingerprint density at radius 1 is 1.33 bits per heavy atom. The molecule has 0 unspecified atom stereocenters. The third-order valence-corrected chi connectivity index (χ3v) is 2.02. The quantitative estimate of drug-likeness (QED) is 0.662. The first-order valence-electron chi connectivity index (χ1n) is 5.60. The van der Waals surface area contributed by atoms with E-state index in [0.717, 1.165) is 0 Å². The SMILES string of the molecule is COc1ccc(/C=C/C(=O)OC(C)(C)C)cc1O. The Labute approximate surface area is 107 Å². The van der Waals surface area contributed by atoms with Gasteiger partial charge in [0.2, 0.25) is 0 Å². The van der Waals surface area contributed by atoms with Crippen molar-refractivity contribution in [2.24, 2.45) is 0 Å². The van der Waals surface area contributed by atoms with Crippen LogP contribution >= 0.6 is 0 Å². The molecule has 0 aliphatic carbocycles. The zero-order valence-corrected chi connectivity index (χ0v) is 11.1. The molecule has 4 heteroatoms. The van der Waals surface area contributed by atoms with Gasteiger partial charge >= 0.3 is 5.97 Å². The zero-order chi connectivity index (χ0) is 13.8. The first-order valence-corrected chi connectivity index (χ1v) is 5.60. The summed E-state index contributed by atoms with van der Waals surface area (Å²) in [5.41, 5.74) is 0.183. The van der Waals surface area contributed by atoms with Gasteiger partial charge in [0.25, 0.3) is 0 Å². The molecule has 1 N–H and O–H groups in total. The van der Waals surface area contributed by atoms with Crippen LogP contribution < -0.4 is 4.74 Å². The summed E-state index contributed by atoms with van der Waals surface area (Å²) in [7, 11) is 1.48. The molecule has 0 heterocycles. The highest BCUT2D eigenvalue weighted by atomic mass is 16.6. The van der Waals surface area contributed by atoms with Gasteiger partial charge in [-0.25, -0.2) is 4.79 Å². The van der Waals surface area contributed by atoms with E-state index in [4.69, 9.17) is 9.47 Å². The lowest BCUT2D eigenvalue weighted by Crippen LogP contribution is -2.22. The lowest BCUT2D eigenvalue weighted by atomic mass is 10.2. The summed E-state index contributed by atoms with van der Waals surface area (Å²) in [6.07, 6.45) is 2.90. The van der Waals surface area contributed by atoms with Crippen molar-refractivity contribution in [3.05, 3.63) is 29.8 Å². The summed E-state index contributed by atoms with van der Waals surface area (Å²) in [5, 5.41) is 9.57. The second kappa shape index (κ2) is 5.58. The summed E-state index contributed by atoms with van der Waals surface area (Å²) in [6.45, 7) is 5.41. The number of methoxy groups -OCH3 is 1. The van der Waals surface area contributed by atoms with E-state index in [-0.39, 0.29) is 5.75 Å². The fraction of sp³-hybridized carbons (Fsp3) is 0.357. The normalized spacial score (nSPS) is 11.6. The van der Waals surface area contributed by atoms with E-state index in [9.17, 15) is 9.90 Å². The highest BCUT2D eigenvalue weighted by molar-refractivity contribution is 5.87. The van der Waals surface area contributed by atoms with Crippen molar-refractivity contribution in [3.63, 3.8) is 0 Å². The summed E-state index contributed by atoms with van der Waals surface area (Å²) >= 11 is 0. The molecule has 0 saturated heterocycles. The van der Waals surface area contributed by atoms with Crippen molar-refractivity contribution in [2.45, 2.75) is 26.4 Å². The molecular formula is C14H18O4. The standard InChI is InChI=1S/C14H18O4/c1-14(2,3)18-13(16)8-6-10-5-7-12(17-4)11(15)9-10/h5-9,15H,1-4H3/b8-6+. The number of carbonyl (C=O) groups excluding carboxylic acids is 1. The van der Waals surface area contributed by atoms with E-state index in [1.807, 2.05) is 0 Å². The monoisotopic (exact) mass is 250 g/mol. The van der Waals surface area contributed by atoms with Crippen LogP contribution in [0.25, 0.3) is 6.08 Å². The highest BCUT2D eigenvalue weighted by Gasteiger charge is 2.13. The average Bonchev–Trinajstić information content (AvgIpc) is 2.24. The molecule has 18 heavy (non-hydrogen) atoms. The van der Waals surface area contributed by atoms with Crippen LogP contribution in [0.1, 0.15) is 26.3 Å². The number of hydrogen-bond donors (Lipinski definition) is 1. The third kappa shape index (κ3) is 4.49. The van der Waals surface area contributed by atoms with Crippen LogP contribution in [0.2, 0.25) is 0 Å². The van der Waals surface area contributed by atoms with Gasteiger partial charge in [-0.1, -0.05) is 6.07 Å². The number of rotatable bonds is 3. The maximum atomic E-state index is 11.4. The molecule has 4 nitrogen and oxygen atoms in total. The summed E-state index contributed by atoms with van der Waals surface area (Å²) in [5.74, 6) is 0.00562. The summed E-state index contributed by atoms with van der Waals surface area (Å²) in [6, 6.07) is 4.88. The van der Waals surface area contributed by atoms with Crippen LogP contribution in [0.3, 0.4) is 0 Å². The fourth-order valence-electron chi connectivity index (χ4n) is 1.31. The maximum absolute atomic E-state index is 11.4. The van der Waals surface area contributed by atoms with Crippen LogP contribution in [0.5, 0.6) is 11.5 Å². The van der Waals surface area contributed by atoms with Crippen LogP contribution in [0, 0.1) is 0 Å². The second-order valence-corrected chi connectivity index (χ2v) is 4.80. The molecule has 0 saturated carbocycles. The maximum Gasteiger partial charge on any atom is 0.331 e. The minimum Gasteiger partial charge on any atom is -0.504 e. The highest BCUT2D eigenvalue weighted by Crippen LogP contribution is 2.26. The molecule has 0 spiro atoms. The van der Waals surface area contributed by atoms with Crippen molar-refractivity contribution < 1.29 is 19.4 Å². The molecule has 0 fully saturated rings. The minimum absolute atomic E-state index is 0.0313. The van der Waals surface area contributed by atoms with Gasteiger partial charge in [-0.2, -0.15) is 0 Å². The molecule has 98 valence electrons. The van der Waals surface area contributed by atoms with Gasteiger partial charge in [-0.15, -0.1) is 0 Å². The van der Waals surface area contributed by atoms with E-state index in [1.165, 1.54) is 19.3 Å². The number of benzene rings is 1. The molecule has 0 aliphatic rings. The lowest BCUT2D eigenvalue weighted by molar-refractivity contribution is -0.148. The smallest absolute Gasteiger partial charge is 0.331 e. The van der Waals surface area contributed by atoms with E-state index < -0.39 is 11.6 Å². The Balaban J connectivity index is 2.73. The molecule has 1 aromatic carbocycles. The van der Waals surface area contributed by atoms with Crippen molar-refractivity contribution in [1.29, 1.82) is 0 Å². The number of ether oxygens (including phenoxy) is 2. The molecule has 0 aromatic heterocycles. The van der Waals surface area contributed by atoms with E-state index in [0.29, 0.717) is 11.3 Å².